The summed E-state index contributed by atoms with van der Waals surface area (Å²) >= 11 is 1.76. The monoisotopic (exact) mass is 618 g/mol. The van der Waals surface area contributed by atoms with Crippen molar-refractivity contribution < 1.29 is 17.5 Å². The number of rotatable bonds is 16. The summed E-state index contributed by atoms with van der Waals surface area (Å²) in [6.45, 7) is 11.9. The third kappa shape index (κ3) is 9.01. The van der Waals surface area contributed by atoms with E-state index in [4.69, 9.17) is 0 Å². The van der Waals surface area contributed by atoms with Crippen molar-refractivity contribution >= 4 is 56.8 Å². The van der Waals surface area contributed by atoms with Crippen molar-refractivity contribution in [1.82, 2.24) is 0 Å². The van der Waals surface area contributed by atoms with E-state index in [1.54, 1.807) is 11.3 Å². The molecule has 0 saturated heterocycles. The Balaban J connectivity index is 1.46. The maximum atomic E-state index is 11.1. The fraction of sp³-hybridized carbons (Fsp3) is 0.417. The Morgan fingerprint density at radius 3 is 2.07 bits per heavy atom. The first-order valence-electron chi connectivity index (χ1n) is 15.6. The molecule has 43 heavy (non-hydrogen) atoms. The molecule has 4 rings (SSSR count). The van der Waals surface area contributed by atoms with Gasteiger partial charge in [-0.1, -0.05) is 63.1 Å². The van der Waals surface area contributed by atoms with E-state index in [0.29, 0.717) is 19.4 Å². The van der Waals surface area contributed by atoms with Crippen molar-refractivity contribution in [2.75, 3.05) is 30.3 Å². The van der Waals surface area contributed by atoms with Crippen LogP contribution in [0.3, 0.4) is 0 Å². The number of thiophene rings is 1. The van der Waals surface area contributed by atoms with Crippen LogP contribution in [0.1, 0.15) is 87.1 Å². The van der Waals surface area contributed by atoms with Gasteiger partial charge in [-0.15, -0.1) is 11.3 Å². The highest BCUT2D eigenvalue weighted by Gasteiger charge is 2.43. The Labute approximate surface area is 263 Å². The molecule has 230 valence electrons. The molecular formula is C36H46N2O3S2. The number of benzene rings is 2. The van der Waals surface area contributed by atoms with Crippen LogP contribution in [0.15, 0.2) is 66.7 Å². The van der Waals surface area contributed by atoms with Gasteiger partial charge in [-0.05, 0) is 75.1 Å². The number of unbranched alkanes of at least 4 members (excludes halogenated alkanes) is 3. The number of fused-ring (bicyclic) bond motifs is 1. The van der Waals surface area contributed by atoms with E-state index in [1.807, 2.05) is 6.07 Å². The molecule has 0 N–H and O–H groups in total. The molecule has 1 aliphatic rings. The summed E-state index contributed by atoms with van der Waals surface area (Å²) in [6.07, 6.45) is 14.6. The van der Waals surface area contributed by atoms with E-state index in [9.17, 15) is 13.0 Å². The Bertz CT molecular complexity index is 1540. The lowest BCUT2D eigenvalue weighted by Crippen LogP contribution is -2.28. The standard InChI is InChI=1S/C36H46N2O3S2/c1-5-7-25-37(26-8-6-2)30-18-15-29(16-19-30)17-20-31-21-22-32(42-31)23-24-35-36(3,4)33-13-9-10-14-34(33)38(35)27-11-12-28-43(39,40)41/h9-10,13-24H,5-8,11-12,25-28H2,1-4H3. The minimum Gasteiger partial charge on any atom is -0.748 e. The topological polar surface area (TPSA) is 63.5 Å². The van der Waals surface area contributed by atoms with Gasteiger partial charge in [-0.2, -0.15) is 4.58 Å². The molecule has 3 aromatic rings. The van der Waals surface area contributed by atoms with Crippen molar-refractivity contribution in [3.63, 3.8) is 0 Å². The molecule has 5 nitrogen and oxygen atoms in total. The Kier molecular flexibility index (Phi) is 11.6. The van der Waals surface area contributed by atoms with Crippen LogP contribution in [0.2, 0.25) is 0 Å². The molecule has 0 atom stereocenters. The zero-order valence-corrected chi connectivity index (χ0v) is 27.7. The molecular weight excluding hydrogens is 573 g/mol. The van der Waals surface area contributed by atoms with E-state index in [1.165, 1.54) is 58.0 Å². The molecule has 7 heteroatoms. The molecule has 0 aliphatic carbocycles. The summed E-state index contributed by atoms with van der Waals surface area (Å²) < 4.78 is 35.6. The zero-order chi connectivity index (χ0) is 30.9. The van der Waals surface area contributed by atoms with Gasteiger partial charge in [0.25, 0.3) is 0 Å². The van der Waals surface area contributed by atoms with Gasteiger partial charge in [0.05, 0.1) is 15.5 Å². The summed E-state index contributed by atoms with van der Waals surface area (Å²) in [4.78, 5) is 4.89. The predicted octanol–water partition coefficient (Wildman–Crippen LogP) is 8.74. The van der Waals surface area contributed by atoms with E-state index in [-0.39, 0.29) is 11.2 Å². The molecule has 2 heterocycles. The van der Waals surface area contributed by atoms with Crippen molar-refractivity contribution in [1.29, 1.82) is 0 Å². The molecule has 0 bridgehead atoms. The molecule has 1 aromatic heterocycles. The fourth-order valence-corrected chi connectivity index (χ4v) is 7.06. The van der Waals surface area contributed by atoms with Crippen molar-refractivity contribution in [3.8, 4) is 0 Å². The van der Waals surface area contributed by atoms with Gasteiger partial charge in [0.1, 0.15) is 6.54 Å². The molecule has 1 aliphatic heterocycles. The summed E-state index contributed by atoms with van der Waals surface area (Å²) in [5.41, 5.74) is 5.90. The summed E-state index contributed by atoms with van der Waals surface area (Å²) in [5, 5.41) is 0. The summed E-state index contributed by atoms with van der Waals surface area (Å²) in [6, 6.07) is 21.6. The Hall–Kier alpha value is -3.00. The first-order chi connectivity index (χ1) is 20.6. The van der Waals surface area contributed by atoms with Gasteiger partial charge in [0.2, 0.25) is 5.69 Å². The second kappa shape index (κ2) is 15.1. The molecule has 0 amide bonds. The van der Waals surface area contributed by atoms with Crippen LogP contribution in [-0.2, 0) is 15.5 Å². The molecule has 0 unspecified atom stereocenters. The first-order valence-corrected chi connectivity index (χ1v) is 18.0. The first kappa shape index (κ1) is 32.9. The molecule has 2 aromatic carbocycles. The van der Waals surface area contributed by atoms with Gasteiger partial charge < -0.3 is 9.45 Å². The number of hydrogen-bond donors (Lipinski definition) is 0. The van der Waals surface area contributed by atoms with Crippen molar-refractivity contribution in [2.45, 2.75) is 71.6 Å². The SMILES string of the molecule is CCCCN(CCCC)c1ccc(/C=C/c2ccc(/C=C/C3=[N+](CCCCS(=O)(=O)[O-])c4ccccc4C3(C)C)s2)cc1. The van der Waals surface area contributed by atoms with Crippen molar-refractivity contribution in [2.24, 2.45) is 0 Å². The average molecular weight is 619 g/mol. The number of para-hydroxylation sites is 1. The highest BCUT2D eigenvalue weighted by molar-refractivity contribution is 7.85. The number of nitrogens with zero attached hydrogens (tertiary/aromatic N) is 2. The fourth-order valence-electron chi connectivity index (χ4n) is 5.68. The lowest BCUT2D eigenvalue weighted by Gasteiger charge is -2.24. The lowest BCUT2D eigenvalue weighted by molar-refractivity contribution is -0.438. The van der Waals surface area contributed by atoms with Crippen LogP contribution in [0.25, 0.3) is 18.2 Å². The average Bonchev–Trinajstić information content (AvgIpc) is 3.52. The van der Waals surface area contributed by atoms with Gasteiger partial charge in [0.15, 0.2) is 5.71 Å². The number of hydrogen-bond acceptors (Lipinski definition) is 5. The second-order valence-corrected chi connectivity index (χ2v) is 14.5. The largest absolute Gasteiger partial charge is 0.748 e. The number of allylic oxidation sites excluding steroid dienone is 1. The van der Waals surface area contributed by atoms with Crippen LogP contribution < -0.4 is 4.90 Å². The summed E-state index contributed by atoms with van der Waals surface area (Å²) in [7, 11) is -4.19. The van der Waals surface area contributed by atoms with Gasteiger partial charge >= 0.3 is 0 Å². The third-order valence-electron chi connectivity index (χ3n) is 8.14. The van der Waals surface area contributed by atoms with Crippen LogP contribution in [-0.4, -0.2) is 48.6 Å². The molecule has 0 radical (unpaired) electrons. The minimum atomic E-state index is -4.19. The second-order valence-electron chi connectivity index (χ2n) is 11.8. The zero-order valence-electron chi connectivity index (χ0n) is 26.1. The highest BCUT2D eigenvalue weighted by Crippen LogP contribution is 2.40. The Morgan fingerprint density at radius 2 is 1.44 bits per heavy atom. The van der Waals surface area contributed by atoms with E-state index in [0.717, 1.165) is 18.8 Å². The van der Waals surface area contributed by atoms with Gasteiger partial charge in [-0.25, -0.2) is 8.42 Å². The lowest BCUT2D eigenvalue weighted by atomic mass is 9.81. The maximum absolute atomic E-state index is 11.1. The maximum Gasteiger partial charge on any atom is 0.209 e. The highest BCUT2D eigenvalue weighted by atomic mass is 32.2. The Morgan fingerprint density at radius 1 is 0.814 bits per heavy atom. The smallest absolute Gasteiger partial charge is 0.209 e. The molecule has 0 saturated carbocycles. The van der Waals surface area contributed by atoms with E-state index in [2.05, 4.69) is 116 Å². The van der Waals surface area contributed by atoms with E-state index < -0.39 is 10.1 Å². The predicted molar refractivity (Wildman–Crippen MR) is 184 cm³/mol. The quantitative estimate of drug-likeness (QED) is 0.0915. The van der Waals surface area contributed by atoms with Crippen LogP contribution >= 0.6 is 11.3 Å². The summed E-state index contributed by atoms with van der Waals surface area (Å²) in [5.74, 6) is -0.316. The minimum absolute atomic E-state index is 0.188. The van der Waals surface area contributed by atoms with Gasteiger partial charge in [-0.3, -0.25) is 0 Å². The third-order valence-corrected chi connectivity index (χ3v) is 9.94. The number of anilines is 1. The van der Waals surface area contributed by atoms with Crippen LogP contribution in [0, 0.1) is 0 Å². The normalized spacial score (nSPS) is 14.7. The molecule has 0 spiro atoms. The van der Waals surface area contributed by atoms with Gasteiger partial charge in [0, 0.05) is 58.4 Å². The van der Waals surface area contributed by atoms with E-state index >= 15 is 0 Å². The molecule has 0 fully saturated rings. The van der Waals surface area contributed by atoms with Crippen molar-refractivity contribution in [3.05, 3.63) is 87.6 Å². The van der Waals surface area contributed by atoms with Crippen LogP contribution in [0.5, 0.6) is 0 Å². The van der Waals surface area contributed by atoms with Crippen LogP contribution in [0.4, 0.5) is 11.4 Å².